The first kappa shape index (κ1) is 12.0. The molecule has 2 rings (SSSR count). The summed E-state index contributed by atoms with van der Waals surface area (Å²) in [5, 5.41) is 14.9. The number of fused-ring (bicyclic) bond motifs is 1. The Morgan fingerprint density at radius 2 is 2.39 bits per heavy atom. The van der Waals surface area contributed by atoms with E-state index in [0.29, 0.717) is 22.9 Å². The molecule has 0 spiro atoms. The van der Waals surface area contributed by atoms with Gasteiger partial charge in [0, 0.05) is 7.05 Å². The number of amides is 1. The normalized spacial score (nSPS) is 12.3. The number of rotatable bonds is 5. The van der Waals surface area contributed by atoms with Crippen molar-refractivity contribution in [1.82, 2.24) is 19.9 Å². The second kappa shape index (κ2) is 4.84. The molecule has 96 valence electrons. The molecule has 9 nitrogen and oxygen atoms in total. The van der Waals surface area contributed by atoms with Gasteiger partial charge >= 0.3 is 0 Å². The van der Waals surface area contributed by atoms with Gasteiger partial charge in [-0.2, -0.15) is 9.97 Å². The molecule has 2 aromatic heterocycles. The van der Waals surface area contributed by atoms with Gasteiger partial charge in [-0.1, -0.05) is 0 Å². The lowest BCUT2D eigenvalue weighted by atomic mass is 10.3. The van der Waals surface area contributed by atoms with Crippen molar-refractivity contribution in [2.24, 2.45) is 5.73 Å². The largest absolute Gasteiger partial charge is 0.381 e. The summed E-state index contributed by atoms with van der Waals surface area (Å²) in [5.74, 6) is 0.0130. The fraction of sp³-hybridized carbons (Fsp3) is 0.333. The van der Waals surface area contributed by atoms with Crippen molar-refractivity contribution in [1.29, 1.82) is 0 Å². The van der Waals surface area contributed by atoms with Crippen LogP contribution in [0.1, 0.15) is 0 Å². The molecule has 1 unspecified atom stereocenters. The first-order valence-corrected chi connectivity index (χ1v) is 5.22. The predicted molar refractivity (Wildman–Crippen MR) is 64.9 cm³/mol. The summed E-state index contributed by atoms with van der Waals surface area (Å²) in [6, 6.07) is 0. The summed E-state index contributed by atoms with van der Waals surface area (Å²) < 4.78 is 0. The monoisotopic (exact) mass is 251 g/mol. The van der Waals surface area contributed by atoms with Gasteiger partial charge in [0.05, 0.1) is 12.9 Å². The molecule has 0 aromatic carbocycles. The van der Waals surface area contributed by atoms with Crippen LogP contribution >= 0.6 is 0 Å². The highest BCUT2D eigenvalue weighted by atomic mass is 16.3. The maximum absolute atomic E-state index is 10.7. The topological polar surface area (TPSA) is 142 Å². The van der Waals surface area contributed by atoms with E-state index in [1.54, 1.807) is 7.05 Å². The number of carbonyl (C=O) groups excluding carboxylic acids is 1. The van der Waals surface area contributed by atoms with Gasteiger partial charge in [-0.05, 0) is 0 Å². The van der Waals surface area contributed by atoms with Crippen LogP contribution in [-0.2, 0) is 4.79 Å². The number of nitrogens with zero attached hydrogens (tertiary/aromatic N) is 3. The molecule has 0 aliphatic rings. The molecule has 1 amide bonds. The predicted octanol–water partition coefficient (Wildman–Crippen LogP) is -1.35. The van der Waals surface area contributed by atoms with Crippen LogP contribution in [0, 0.1) is 0 Å². The molecule has 0 bridgehead atoms. The van der Waals surface area contributed by atoms with Crippen molar-refractivity contribution in [3.63, 3.8) is 0 Å². The van der Waals surface area contributed by atoms with Crippen LogP contribution in [0.25, 0.3) is 11.2 Å². The first-order valence-electron chi connectivity index (χ1n) is 5.22. The van der Waals surface area contributed by atoms with E-state index in [0.717, 1.165) is 0 Å². The molecule has 0 radical (unpaired) electrons. The van der Waals surface area contributed by atoms with E-state index in [2.05, 4.69) is 30.6 Å². The highest BCUT2D eigenvalue weighted by Gasteiger charge is 2.13. The molecule has 1 atom stereocenters. The molecule has 0 fully saturated rings. The average molecular weight is 251 g/mol. The van der Waals surface area contributed by atoms with E-state index in [1.165, 1.54) is 6.33 Å². The first-order chi connectivity index (χ1) is 8.61. The number of carbonyl (C=O) groups is 1. The Balaban J connectivity index is 2.25. The number of nitrogens with two attached hydrogens (primary N) is 1. The summed E-state index contributed by atoms with van der Waals surface area (Å²) in [7, 11) is 1.68. The molecule has 9 heteroatoms. The van der Waals surface area contributed by atoms with E-state index >= 15 is 0 Å². The minimum atomic E-state index is -1.28. The second-order valence-electron chi connectivity index (χ2n) is 3.55. The van der Waals surface area contributed by atoms with Crippen molar-refractivity contribution >= 4 is 28.8 Å². The van der Waals surface area contributed by atoms with Gasteiger partial charge in [0.25, 0.3) is 0 Å². The molecular weight excluding hydrogens is 238 g/mol. The average Bonchev–Trinajstić information content (AvgIpc) is 2.83. The lowest BCUT2D eigenvalue weighted by molar-refractivity contribution is -0.125. The van der Waals surface area contributed by atoms with E-state index in [1.807, 2.05) is 0 Å². The zero-order valence-corrected chi connectivity index (χ0v) is 9.64. The lowest BCUT2D eigenvalue weighted by Gasteiger charge is -2.10. The maximum Gasteiger partial charge on any atom is 0.248 e. The van der Waals surface area contributed by atoms with Crippen LogP contribution in [-0.4, -0.2) is 50.6 Å². The smallest absolute Gasteiger partial charge is 0.248 e. The Hall–Kier alpha value is -2.42. The molecular formula is C9H13N7O2. The Kier molecular flexibility index (Phi) is 3.24. The lowest BCUT2D eigenvalue weighted by Crippen LogP contribution is -2.34. The minimum absolute atomic E-state index is 0.0381. The van der Waals surface area contributed by atoms with Gasteiger partial charge in [-0.25, -0.2) is 4.98 Å². The van der Waals surface area contributed by atoms with Crippen LogP contribution < -0.4 is 16.4 Å². The molecule has 0 saturated carbocycles. The Bertz CT molecular complexity index is 567. The number of primary amides is 1. The molecule has 0 aliphatic carbocycles. The number of H-pyrrole nitrogens is 1. The third-order valence-corrected chi connectivity index (χ3v) is 2.30. The highest BCUT2D eigenvalue weighted by Crippen LogP contribution is 2.18. The van der Waals surface area contributed by atoms with E-state index in [4.69, 9.17) is 5.73 Å². The van der Waals surface area contributed by atoms with Gasteiger partial charge < -0.3 is 26.5 Å². The number of anilines is 2. The van der Waals surface area contributed by atoms with Gasteiger partial charge in [0.1, 0.15) is 11.6 Å². The summed E-state index contributed by atoms with van der Waals surface area (Å²) >= 11 is 0. The van der Waals surface area contributed by atoms with Crippen LogP contribution in [0.2, 0.25) is 0 Å². The zero-order chi connectivity index (χ0) is 13.1. The van der Waals surface area contributed by atoms with Crippen LogP contribution in [0.15, 0.2) is 6.33 Å². The Labute approximate surface area is 102 Å². The molecule has 0 aliphatic heterocycles. The van der Waals surface area contributed by atoms with Gasteiger partial charge in [-0.3, -0.25) is 4.79 Å². The maximum atomic E-state index is 10.7. The van der Waals surface area contributed by atoms with E-state index in [-0.39, 0.29) is 6.54 Å². The number of aromatic amines is 1. The number of aromatic nitrogens is 4. The fourth-order valence-electron chi connectivity index (χ4n) is 1.37. The molecule has 2 aromatic rings. The van der Waals surface area contributed by atoms with Crippen LogP contribution in [0.5, 0.6) is 0 Å². The van der Waals surface area contributed by atoms with Crippen LogP contribution in [0.3, 0.4) is 0 Å². The van der Waals surface area contributed by atoms with Crippen molar-refractivity contribution in [3.8, 4) is 0 Å². The SMILES string of the molecule is CNc1nc(NCC(O)C(N)=O)c2[nH]cnc2n1. The standard InChI is InChI=1S/C9H13N7O2/c1-11-9-15-7(12-2-4(17)6(10)18)5-8(16-9)14-3-13-5/h3-4,17H,2H2,1H3,(H2,10,18)(H3,11,12,13,14,15,16). The third-order valence-electron chi connectivity index (χ3n) is 2.30. The van der Waals surface area contributed by atoms with E-state index < -0.39 is 12.0 Å². The minimum Gasteiger partial charge on any atom is -0.381 e. The Morgan fingerprint density at radius 3 is 3.06 bits per heavy atom. The number of nitrogens with one attached hydrogen (secondary N) is 3. The zero-order valence-electron chi connectivity index (χ0n) is 9.64. The molecule has 6 N–H and O–H groups in total. The van der Waals surface area contributed by atoms with Gasteiger partial charge in [0.15, 0.2) is 11.5 Å². The number of imidazole rings is 1. The molecule has 2 heterocycles. The van der Waals surface area contributed by atoms with Crippen molar-refractivity contribution < 1.29 is 9.90 Å². The quantitative estimate of drug-likeness (QED) is 0.442. The fourth-order valence-corrected chi connectivity index (χ4v) is 1.37. The molecule has 18 heavy (non-hydrogen) atoms. The van der Waals surface area contributed by atoms with Crippen molar-refractivity contribution in [2.45, 2.75) is 6.10 Å². The number of aliphatic hydroxyl groups is 1. The van der Waals surface area contributed by atoms with Crippen molar-refractivity contribution in [3.05, 3.63) is 6.33 Å². The summed E-state index contributed by atoms with van der Waals surface area (Å²) in [6.45, 7) is -0.0381. The highest BCUT2D eigenvalue weighted by molar-refractivity contribution is 5.84. The van der Waals surface area contributed by atoms with Crippen molar-refractivity contribution in [2.75, 3.05) is 24.2 Å². The Morgan fingerprint density at radius 1 is 1.61 bits per heavy atom. The number of hydrogen-bond donors (Lipinski definition) is 5. The summed E-state index contributed by atoms with van der Waals surface area (Å²) in [4.78, 5) is 25.9. The van der Waals surface area contributed by atoms with Gasteiger partial charge in [-0.15, -0.1) is 0 Å². The van der Waals surface area contributed by atoms with Gasteiger partial charge in [0.2, 0.25) is 11.9 Å². The van der Waals surface area contributed by atoms with E-state index in [9.17, 15) is 9.90 Å². The number of aliphatic hydroxyl groups excluding tert-OH is 1. The third kappa shape index (κ3) is 2.30. The number of hydrogen-bond acceptors (Lipinski definition) is 7. The second-order valence-corrected chi connectivity index (χ2v) is 3.55. The summed E-state index contributed by atoms with van der Waals surface area (Å²) in [5.41, 5.74) is 6.02. The summed E-state index contributed by atoms with van der Waals surface area (Å²) in [6.07, 6.45) is 0.199. The van der Waals surface area contributed by atoms with Crippen LogP contribution in [0.4, 0.5) is 11.8 Å². The molecule has 0 saturated heterocycles.